The Hall–Kier alpha value is -2.69. The molecule has 104 valence electrons. The van der Waals surface area contributed by atoms with Crippen molar-refractivity contribution in [2.24, 2.45) is 0 Å². The van der Waals surface area contributed by atoms with Crippen LogP contribution in [0.5, 0.6) is 5.75 Å². The summed E-state index contributed by atoms with van der Waals surface area (Å²) < 4.78 is 9.85. The second-order valence-electron chi connectivity index (χ2n) is 4.12. The summed E-state index contributed by atoms with van der Waals surface area (Å²) in [5.41, 5.74) is 8.26. The summed E-state index contributed by atoms with van der Waals surface area (Å²) in [6, 6.07) is 12.4. The van der Waals surface area contributed by atoms with Crippen LogP contribution in [-0.4, -0.2) is 20.2 Å². The van der Waals surface area contributed by atoms with Crippen LogP contribution in [-0.2, 0) is 4.74 Å². The SMILES string of the molecule is COC(=O)c1ccccc1Nc1ccc(OC)cc1N. The molecule has 0 spiro atoms. The van der Waals surface area contributed by atoms with E-state index in [9.17, 15) is 4.79 Å². The second-order valence-corrected chi connectivity index (χ2v) is 4.12. The second kappa shape index (κ2) is 5.97. The molecule has 0 atom stereocenters. The Morgan fingerprint density at radius 1 is 1.10 bits per heavy atom. The first-order valence-electron chi connectivity index (χ1n) is 6.03. The van der Waals surface area contributed by atoms with E-state index >= 15 is 0 Å². The Bertz CT molecular complexity index is 626. The summed E-state index contributed by atoms with van der Waals surface area (Å²) in [6.07, 6.45) is 0. The molecule has 0 amide bonds. The fraction of sp³-hybridized carbons (Fsp3) is 0.133. The lowest BCUT2D eigenvalue weighted by Gasteiger charge is -2.13. The van der Waals surface area contributed by atoms with E-state index in [-0.39, 0.29) is 0 Å². The Kier molecular flexibility index (Phi) is 4.10. The highest BCUT2D eigenvalue weighted by Crippen LogP contribution is 2.28. The van der Waals surface area contributed by atoms with Gasteiger partial charge in [-0.2, -0.15) is 0 Å². The molecule has 3 N–H and O–H groups in total. The number of nitrogens with two attached hydrogens (primary N) is 1. The summed E-state index contributed by atoms with van der Waals surface area (Å²) in [6.45, 7) is 0. The number of hydrogen-bond donors (Lipinski definition) is 2. The number of carbonyl (C=O) groups is 1. The number of anilines is 3. The van der Waals surface area contributed by atoms with E-state index in [2.05, 4.69) is 5.32 Å². The Balaban J connectivity index is 2.33. The first-order valence-corrected chi connectivity index (χ1v) is 6.03. The molecule has 0 unspecified atom stereocenters. The smallest absolute Gasteiger partial charge is 0.339 e. The first-order chi connectivity index (χ1) is 9.65. The van der Waals surface area contributed by atoms with Gasteiger partial charge in [0, 0.05) is 6.07 Å². The topological polar surface area (TPSA) is 73.6 Å². The predicted octanol–water partition coefficient (Wildman–Crippen LogP) is 2.81. The average Bonchev–Trinajstić information content (AvgIpc) is 2.49. The summed E-state index contributed by atoms with van der Waals surface area (Å²) in [7, 11) is 2.93. The number of carbonyl (C=O) groups excluding carboxylic acids is 1. The molecule has 0 aliphatic heterocycles. The molecule has 0 aliphatic carbocycles. The van der Waals surface area contributed by atoms with Crippen LogP contribution in [0.15, 0.2) is 42.5 Å². The normalized spacial score (nSPS) is 9.90. The quantitative estimate of drug-likeness (QED) is 0.661. The number of benzene rings is 2. The molecular weight excluding hydrogens is 256 g/mol. The van der Waals surface area contributed by atoms with Gasteiger partial charge in [-0.25, -0.2) is 4.79 Å². The molecule has 0 aromatic heterocycles. The van der Waals surface area contributed by atoms with Gasteiger partial charge in [-0.05, 0) is 24.3 Å². The minimum absolute atomic E-state index is 0.403. The maximum Gasteiger partial charge on any atom is 0.339 e. The fourth-order valence-electron chi connectivity index (χ4n) is 1.81. The lowest BCUT2D eigenvalue weighted by molar-refractivity contribution is 0.0602. The van der Waals surface area contributed by atoms with E-state index in [1.54, 1.807) is 43.5 Å². The number of hydrogen-bond acceptors (Lipinski definition) is 5. The zero-order valence-electron chi connectivity index (χ0n) is 11.3. The van der Waals surface area contributed by atoms with Crippen molar-refractivity contribution in [3.05, 3.63) is 48.0 Å². The third-order valence-electron chi connectivity index (χ3n) is 2.86. The van der Waals surface area contributed by atoms with E-state index < -0.39 is 5.97 Å². The fourth-order valence-corrected chi connectivity index (χ4v) is 1.81. The zero-order valence-corrected chi connectivity index (χ0v) is 11.3. The van der Waals surface area contributed by atoms with Gasteiger partial charge >= 0.3 is 5.97 Å². The number of ether oxygens (including phenoxy) is 2. The van der Waals surface area contributed by atoms with Crippen LogP contribution in [0, 0.1) is 0 Å². The molecule has 0 aliphatic rings. The van der Waals surface area contributed by atoms with Crippen molar-refractivity contribution in [2.45, 2.75) is 0 Å². The van der Waals surface area contributed by atoms with Gasteiger partial charge in [0.15, 0.2) is 0 Å². The molecule has 20 heavy (non-hydrogen) atoms. The summed E-state index contributed by atoms with van der Waals surface area (Å²) in [4.78, 5) is 11.7. The van der Waals surface area contributed by atoms with Crippen LogP contribution < -0.4 is 15.8 Å². The first kappa shape index (κ1) is 13.7. The van der Waals surface area contributed by atoms with Crippen LogP contribution in [0.1, 0.15) is 10.4 Å². The van der Waals surface area contributed by atoms with Crippen molar-refractivity contribution in [2.75, 3.05) is 25.3 Å². The number of nitrogen functional groups attached to an aromatic ring is 1. The maximum atomic E-state index is 11.7. The number of rotatable bonds is 4. The highest BCUT2D eigenvalue weighted by atomic mass is 16.5. The lowest BCUT2D eigenvalue weighted by Crippen LogP contribution is -2.06. The van der Waals surface area contributed by atoms with Crippen LogP contribution in [0.4, 0.5) is 17.1 Å². The van der Waals surface area contributed by atoms with E-state index in [0.29, 0.717) is 28.4 Å². The van der Waals surface area contributed by atoms with Crippen molar-refractivity contribution < 1.29 is 14.3 Å². The van der Waals surface area contributed by atoms with Crippen molar-refractivity contribution in [3.8, 4) is 5.75 Å². The van der Waals surface area contributed by atoms with Gasteiger partial charge in [0.25, 0.3) is 0 Å². The average molecular weight is 272 g/mol. The summed E-state index contributed by atoms with van der Waals surface area (Å²) >= 11 is 0. The van der Waals surface area contributed by atoms with Gasteiger partial charge in [-0.3, -0.25) is 0 Å². The highest BCUT2D eigenvalue weighted by Gasteiger charge is 2.12. The number of methoxy groups -OCH3 is 2. The molecule has 0 fully saturated rings. The molecule has 2 aromatic carbocycles. The zero-order chi connectivity index (χ0) is 14.5. The summed E-state index contributed by atoms with van der Waals surface area (Å²) in [5.74, 6) is 0.273. The molecule has 5 heteroatoms. The molecule has 0 saturated carbocycles. The van der Waals surface area contributed by atoms with Crippen molar-refractivity contribution in [1.29, 1.82) is 0 Å². The third kappa shape index (κ3) is 2.83. The Morgan fingerprint density at radius 2 is 1.85 bits per heavy atom. The Labute approximate surface area is 117 Å². The van der Waals surface area contributed by atoms with Gasteiger partial charge in [-0.15, -0.1) is 0 Å². The van der Waals surface area contributed by atoms with E-state index in [0.717, 1.165) is 0 Å². The van der Waals surface area contributed by atoms with Gasteiger partial charge in [0.05, 0.1) is 36.8 Å². The lowest BCUT2D eigenvalue weighted by atomic mass is 10.1. The van der Waals surface area contributed by atoms with E-state index in [1.807, 2.05) is 6.07 Å². The van der Waals surface area contributed by atoms with E-state index in [4.69, 9.17) is 15.2 Å². The largest absolute Gasteiger partial charge is 0.497 e. The Morgan fingerprint density at radius 3 is 2.50 bits per heavy atom. The molecule has 0 radical (unpaired) electrons. The maximum absolute atomic E-state index is 11.7. The van der Waals surface area contributed by atoms with Gasteiger partial charge in [0.1, 0.15) is 5.75 Å². The van der Waals surface area contributed by atoms with Crippen LogP contribution in [0.2, 0.25) is 0 Å². The van der Waals surface area contributed by atoms with Gasteiger partial charge in [0.2, 0.25) is 0 Å². The molecule has 2 aromatic rings. The monoisotopic (exact) mass is 272 g/mol. The van der Waals surface area contributed by atoms with Crippen molar-refractivity contribution in [3.63, 3.8) is 0 Å². The van der Waals surface area contributed by atoms with Crippen molar-refractivity contribution in [1.82, 2.24) is 0 Å². The molecule has 5 nitrogen and oxygen atoms in total. The molecule has 0 bridgehead atoms. The number of nitrogens with one attached hydrogen (secondary N) is 1. The molecule has 2 rings (SSSR count). The van der Waals surface area contributed by atoms with Gasteiger partial charge < -0.3 is 20.5 Å². The summed E-state index contributed by atoms with van der Waals surface area (Å²) in [5, 5.41) is 3.13. The third-order valence-corrected chi connectivity index (χ3v) is 2.86. The van der Waals surface area contributed by atoms with Crippen LogP contribution in [0.3, 0.4) is 0 Å². The minimum atomic E-state index is -0.403. The van der Waals surface area contributed by atoms with Crippen LogP contribution >= 0.6 is 0 Å². The molecule has 0 saturated heterocycles. The van der Waals surface area contributed by atoms with Crippen LogP contribution in [0.25, 0.3) is 0 Å². The molecule has 0 heterocycles. The number of para-hydroxylation sites is 1. The predicted molar refractivity (Wildman–Crippen MR) is 78.5 cm³/mol. The standard InChI is InChI=1S/C15H16N2O3/c1-19-10-7-8-14(12(16)9-10)17-13-6-4-3-5-11(13)15(18)20-2/h3-9,17H,16H2,1-2H3. The highest BCUT2D eigenvalue weighted by molar-refractivity contribution is 5.97. The van der Waals surface area contributed by atoms with E-state index in [1.165, 1.54) is 7.11 Å². The molecular formula is C15H16N2O3. The van der Waals surface area contributed by atoms with Gasteiger partial charge in [-0.1, -0.05) is 12.1 Å². The minimum Gasteiger partial charge on any atom is -0.497 e. The number of esters is 1. The van der Waals surface area contributed by atoms with Crippen molar-refractivity contribution >= 4 is 23.0 Å².